The predicted molar refractivity (Wildman–Crippen MR) is 64.2 cm³/mol. The molecule has 0 spiro atoms. The van der Waals surface area contributed by atoms with Crippen LogP contribution in [0.1, 0.15) is 36.2 Å². The van der Waals surface area contributed by atoms with Crippen molar-refractivity contribution in [2.45, 2.75) is 31.7 Å². The molecule has 0 saturated heterocycles. The fourth-order valence-electron chi connectivity index (χ4n) is 2.45. The summed E-state index contributed by atoms with van der Waals surface area (Å²) < 4.78 is 5.08. The molecule has 0 aliphatic heterocycles. The van der Waals surface area contributed by atoms with Gasteiger partial charge < -0.3 is 14.4 Å². The van der Waals surface area contributed by atoms with Crippen molar-refractivity contribution >= 4 is 11.9 Å². The number of nitrogens with zero attached hydrogens (tertiary/aromatic N) is 1. The van der Waals surface area contributed by atoms with E-state index < -0.39 is 5.97 Å². The fourth-order valence-corrected chi connectivity index (χ4v) is 2.45. The highest BCUT2D eigenvalue weighted by Gasteiger charge is 2.30. The van der Waals surface area contributed by atoms with E-state index in [-0.39, 0.29) is 17.9 Å². The maximum absolute atomic E-state index is 12.0. The van der Waals surface area contributed by atoms with Crippen molar-refractivity contribution in [3.8, 4) is 0 Å². The number of hydrogen-bond donors (Lipinski definition) is 1. The van der Waals surface area contributed by atoms with Gasteiger partial charge in [0, 0.05) is 13.1 Å². The normalized spacial score (nSPS) is 23.6. The summed E-state index contributed by atoms with van der Waals surface area (Å²) in [5, 5.41) is 8.93. The number of carboxylic acids is 1. The van der Waals surface area contributed by atoms with E-state index in [9.17, 15) is 9.59 Å². The lowest BCUT2D eigenvalue weighted by Gasteiger charge is -2.32. The molecule has 1 aliphatic rings. The van der Waals surface area contributed by atoms with E-state index in [1.54, 1.807) is 24.1 Å². The van der Waals surface area contributed by atoms with Crippen molar-refractivity contribution < 1.29 is 19.1 Å². The van der Waals surface area contributed by atoms with Gasteiger partial charge in [0.25, 0.3) is 5.91 Å². The number of furan rings is 1. The molecule has 1 fully saturated rings. The van der Waals surface area contributed by atoms with E-state index in [4.69, 9.17) is 9.52 Å². The van der Waals surface area contributed by atoms with Crippen LogP contribution in [0.15, 0.2) is 22.8 Å². The van der Waals surface area contributed by atoms with Gasteiger partial charge in [-0.25, -0.2) is 0 Å². The molecule has 1 heterocycles. The van der Waals surface area contributed by atoms with E-state index in [1.165, 1.54) is 6.26 Å². The molecule has 0 unspecified atom stereocenters. The van der Waals surface area contributed by atoms with Crippen LogP contribution in [0.5, 0.6) is 0 Å². The highest BCUT2D eigenvalue weighted by Crippen LogP contribution is 2.27. The lowest BCUT2D eigenvalue weighted by Crippen LogP contribution is -2.40. The maximum Gasteiger partial charge on any atom is 0.306 e. The molecule has 5 heteroatoms. The molecule has 18 heavy (non-hydrogen) atoms. The van der Waals surface area contributed by atoms with Crippen LogP contribution in [0.3, 0.4) is 0 Å². The minimum atomic E-state index is -0.728. The van der Waals surface area contributed by atoms with Crippen LogP contribution in [0.4, 0.5) is 0 Å². The quantitative estimate of drug-likeness (QED) is 0.891. The Labute approximate surface area is 105 Å². The Kier molecular flexibility index (Phi) is 3.69. The minimum Gasteiger partial charge on any atom is -0.481 e. The van der Waals surface area contributed by atoms with Gasteiger partial charge in [-0.2, -0.15) is 0 Å². The third kappa shape index (κ3) is 2.55. The number of carbonyl (C=O) groups is 2. The fraction of sp³-hybridized carbons (Fsp3) is 0.538. The maximum atomic E-state index is 12.0. The predicted octanol–water partition coefficient (Wildman–Crippen LogP) is 2.00. The standard InChI is InChI=1S/C13H17NO4/c1-14(12(15)11-3-2-8-18-11)10-6-4-9(5-7-10)13(16)17/h2-3,8-10H,4-7H2,1H3,(H,16,17). The Balaban J connectivity index is 1.93. The summed E-state index contributed by atoms with van der Waals surface area (Å²) in [4.78, 5) is 24.6. The first-order valence-corrected chi connectivity index (χ1v) is 6.13. The summed E-state index contributed by atoms with van der Waals surface area (Å²) in [7, 11) is 1.75. The minimum absolute atomic E-state index is 0.109. The van der Waals surface area contributed by atoms with Crippen molar-refractivity contribution in [3.05, 3.63) is 24.2 Å². The first kappa shape index (κ1) is 12.7. The van der Waals surface area contributed by atoms with Crippen molar-refractivity contribution in [2.24, 2.45) is 5.92 Å². The largest absolute Gasteiger partial charge is 0.481 e. The summed E-state index contributed by atoms with van der Waals surface area (Å²) in [6.45, 7) is 0. The van der Waals surface area contributed by atoms with Crippen molar-refractivity contribution in [1.29, 1.82) is 0 Å². The molecule has 0 bridgehead atoms. The molecule has 1 aliphatic carbocycles. The average Bonchev–Trinajstić information content (AvgIpc) is 2.91. The van der Waals surface area contributed by atoms with Crippen LogP contribution >= 0.6 is 0 Å². The third-order valence-electron chi connectivity index (χ3n) is 3.65. The number of hydrogen-bond acceptors (Lipinski definition) is 3. The highest BCUT2D eigenvalue weighted by molar-refractivity contribution is 5.91. The number of rotatable bonds is 3. The smallest absolute Gasteiger partial charge is 0.306 e. The second kappa shape index (κ2) is 5.25. The van der Waals surface area contributed by atoms with Crippen LogP contribution in [0.2, 0.25) is 0 Å². The van der Waals surface area contributed by atoms with Crippen LogP contribution in [-0.2, 0) is 4.79 Å². The topological polar surface area (TPSA) is 70.8 Å². The second-order valence-electron chi connectivity index (χ2n) is 4.74. The molecule has 1 aromatic heterocycles. The van der Waals surface area contributed by atoms with E-state index in [0.29, 0.717) is 18.6 Å². The van der Waals surface area contributed by atoms with Gasteiger partial charge in [-0.15, -0.1) is 0 Å². The van der Waals surface area contributed by atoms with E-state index in [0.717, 1.165) is 12.8 Å². The molecule has 1 aromatic rings. The van der Waals surface area contributed by atoms with Gasteiger partial charge in [-0.1, -0.05) is 0 Å². The molecule has 1 saturated carbocycles. The Morgan fingerprint density at radius 2 is 2.00 bits per heavy atom. The summed E-state index contributed by atoms with van der Waals surface area (Å²) in [5.74, 6) is -0.793. The molecule has 0 radical (unpaired) electrons. The van der Waals surface area contributed by atoms with E-state index >= 15 is 0 Å². The van der Waals surface area contributed by atoms with Crippen molar-refractivity contribution in [2.75, 3.05) is 7.05 Å². The molecule has 1 amide bonds. The summed E-state index contributed by atoms with van der Waals surface area (Å²) in [6.07, 6.45) is 4.22. The van der Waals surface area contributed by atoms with Gasteiger partial charge in [0.1, 0.15) is 0 Å². The monoisotopic (exact) mass is 251 g/mol. The second-order valence-corrected chi connectivity index (χ2v) is 4.74. The van der Waals surface area contributed by atoms with Crippen LogP contribution in [-0.4, -0.2) is 35.0 Å². The molecule has 5 nitrogen and oxygen atoms in total. The van der Waals surface area contributed by atoms with Gasteiger partial charge in [0.05, 0.1) is 12.2 Å². The molecule has 98 valence electrons. The molecule has 1 N–H and O–H groups in total. The molecule has 0 aromatic carbocycles. The van der Waals surface area contributed by atoms with Gasteiger partial charge >= 0.3 is 5.97 Å². The molecule has 0 atom stereocenters. The summed E-state index contributed by atoms with van der Waals surface area (Å²) in [6, 6.07) is 3.43. The Morgan fingerprint density at radius 1 is 1.33 bits per heavy atom. The Hall–Kier alpha value is -1.78. The van der Waals surface area contributed by atoms with Gasteiger partial charge in [-0.3, -0.25) is 9.59 Å². The SMILES string of the molecule is CN(C(=O)c1ccco1)C1CCC(C(=O)O)CC1. The zero-order valence-corrected chi connectivity index (χ0v) is 10.3. The zero-order valence-electron chi connectivity index (χ0n) is 10.3. The number of carbonyl (C=O) groups excluding carboxylic acids is 1. The third-order valence-corrected chi connectivity index (χ3v) is 3.65. The van der Waals surface area contributed by atoms with Crippen LogP contribution in [0, 0.1) is 5.92 Å². The zero-order chi connectivity index (χ0) is 13.1. The van der Waals surface area contributed by atoms with Gasteiger partial charge in [0.2, 0.25) is 0 Å². The van der Waals surface area contributed by atoms with Gasteiger partial charge in [-0.05, 0) is 37.8 Å². The molecular weight excluding hydrogens is 234 g/mol. The summed E-state index contributed by atoms with van der Waals surface area (Å²) in [5.41, 5.74) is 0. The Morgan fingerprint density at radius 3 is 2.50 bits per heavy atom. The highest BCUT2D eigenvalue weighted by atomic mass is 16.4. The van der Waals surface area contributed by atoms with Crippen molar-refractivity contribution in [1.82, 2.24) is 4.90 Å². The van der Waals surface area contributed by atoms with Crippen LogP contribution in [0.25, 0.3) is 0 Å². The number of aliphatic carboxylic acids is 1. The lowest BCUT2D eigenvalue weighted by atomic mass is 9.85. The van der Waals surface area contributed by atoms with Crippen LogP contribution < -0.4 is 0 Å². The average molecular weight is 251 g/mol. The van der Waals surface area contributed by atoms with E-state index in [1.807, 2.05) is 0 Å². The van der Waals surface area contributed by atoms with Crippen molar-refractivity contribution in [3.63, 3.8) is 0 Å². The lowest BCUT2D eigenvalue weighted by molar-refractivity contribution is -0.143. The summed E-state index contributed by atoms with van der Waals surface area (Å²) >= 11 is 0. The van der Waals surface area contributed by atoms with E-state index in [2.05, 4.69) is 0 Å². The number of carboxylic acid groups (broad SMARTS) is 1. The molecular formula is C13H17NO4. The first-order valence-electron chi connectivity index (χ1n) is 6.13. The molecule has 2 rings (SSSR count). The van der Waals surface area contributed by atoms with Gasteiger partial charge in [0.15, 0.2) is 5.76 Å². The Bertz CT molecular complexity index is 418. The number of amides is 1. The first-order chi connectivity index (χ1) is 8.59.